The number of aliphatic hydroxyl groups excluding tert-OH is 1. The van der Waals surface area contributed by atoms with Crippen LogP contribution in [-0.4, -0.2) is 22.1 Å². The Balaban J connectivity index is 1.55. The zero-order chi connectivity index (χ0) is 21.7. The van der Waals surface area contributed by atoms with Gasteiger partial charge in [0.1, 0.15) is 5.60 Å². The van der Waals surface area contributed by atoms with Crippen molar-refractivity contribution in [3.05, 3.63) is 11.6 Å². The van der Waals surface area contributed by atoms with Crippen molar-refractivity contribution in [3.8, 4) is 0 Å². The molecule has 8 atom stereocenters. The minimum atomic E-state index is -0.417. The molecule has 0 aromatic carbocycles. The molecule has 0 aliphatic heterocycles. The second-order valence-electron chi connectivity index (χ2n) is 12.5. The summed E-state index contributed by atoms with van der Waals surface area (Å²) in [6, 6.07) is 0. The quantitative estimate of drug-likeness (QED) is 0.277. The second-order valence-corrected chi connectivity index (χ2v) is 12.5. The third-order valence-electron chi connectivity index (χ3n) is 10.5. The highest BCUT2D eigenvalue weighted by Gasteiger charge is 2.61. The minimum absolute atomic E-state index is 0.126. The Hall–Kier alpha value is -0.380. The maximum atomic E-state index is 10.2. The highest BCUT2D eigenvalue weighted by molar-refractivity contribution is 5.25. The van der Waals surface area contributed by atoms with Gasteiger partial charge < -0.3 is 5.11 Å². The molecule has 0 saturated heterocycles. The van der Waals surface area contributed by atoms with Crippen LogP contribution in [0.2, 0.25) is 0 Å². The molecule has 4 aliphatic rings. The van der Waals surface area contributed by atoms with Crippen molar-refractivity contribution in [1.82, 2.24) is 0 Å². The Morgan fingerprint density at radius 1 is 1.13 bits per heavy atom. The highest BCUT2D eigenvalue weighted by Crippen LogP contribution is 2.68. The van der Waals surface area contributed by atoms with Gasteiger partial charge >= 0.3 is 0 Å². The number of hydrogen-bond acceptors (Lipinski definition) is 3. The lowest BCUT2D eigenvalue weighted by Gasteiger charge is -2.59. The van der Waals surface area contributed by atoms with E-state index in [0.717, 1.165) is 49.9 Å². The van der Waals surface area contributed by atoms with Crippen LogP contribution in [0.25, 0.3) is 0 Å². The zero-order valence-electron chi connectivity index (χ0n) is 20.1. The summed E-state index contributed by atoms with van der Waals surface area (Å²) in [7, 11) is 0. The maximum absolute atomic E-state index is 10.2. The largest absolute Gasteiger partial charge is 0.393 e. The van der Waals surface area contributed by atoms with Gasteiger partial charge in [0.2, 0.25) is 0 Å². The number of aliphatic hydroxyl groups is 1. The van der Waals surface area contributed by atoms with E-state index in [1.165, 1.54) is 38.5 Å². The molecule has 0 aromatic heterocycles. The first-order chi connectivity index (χ1) is 14.1. The van der Waals surface area contributed by atoms with Crippen molar-refractivity contribution in [3.63, 3.8) is 0 Å². The van der Waals surface area contributed by atoms with Crippen LogP contribution >= 0.6 is 0 Å². The molecule has 0 bridgehead atoms. The van der Waals surface area contributed by atoms with Gasteiger partial charge in [-0.15, -0.1) is 0 Å². The van der Waals surface area contributed by atoms with Crippen LogP contribution in [0.4, 0.5) is 0 Å². The lowest BCUT2D eigenvalue weighted by Crippen LogP contribution is -2.53. The predicted molar refractivity (Wildman–Crippen MR) is 122 cm³/mol. The number of fused-ring (bicyclic) bond motifs is 5. The summed E-state index contributed by atoms with van der Waals surface area (Å²) in [6.45, 7) is 11.8. The Kier molecular flexibility index (Phi) is 6.23. The average molecular weight is 419 g/mol. The molecule has 30 heavy (non-hydrogen) atoms. The first-order valence-electron chi connectivity index (χ1n) is 12.8. The summed E-state index contributed by atoms with van der Waals surface area (Å²) in [5, 5.41) is 20.3. The molecule has 2 N–H and O–H groups in total. The van der Waals surface area contributed by atoms with Gasteiger partial charge in [0.05, 0.1) is 6.10 Å². The van der Waals surface area contributed by atoms with Crippen LogP contribution in [0.5, 0.6) is 0 Å². The lowest BCUT2D eigenvalue weighted by molar-refractivity contribution is -0.343. The molecule has 0 amide bonds. The summed E-state index contributed by atoms with van der Waals surface area (Å²) in [4.78, 5) is 5.33. The van der Waals surface area contributed by atoms with Crippen molar-refractivity contribution in [1.29, 1.82) is 0 Å². The monoisotopic (exact) mass is 418 g/mol. The van der Waals surface area contributed by atoms with Gasteiger partial charge in [-0.25, -0.2) is 4.89 Å². The summed E-state index contributed by atoms with van der Waals surface area (Å²) in [5.41, 5.74) is 1.71. The van der Waals surface area contributed by atoms with Gasteiger partial charge in [-0.05, 0) is 105 Å². The number of allylic oxidation sites excluding steroid dienone is 1. The second kappa shape index (κ2) is 8.19. The molecular formula is C27H46O3. The molecule has 3 heteroatoms. The minimum Gasteiger partial charge on any atom is -0.393 e. The predicted octanol–water partition coefficient (Wildman–Crippen LogP) is 7.00. The first kappa shape index (κ1) is 22.8. The van der Waals surface area contributed by atoms with Crippen LogP contribution in [0.1, 0.15) is 105 Å². The summed E-state index contributed by atoms with van der Waals surface area (Å²) in [6.07, 6.45) is 14.9. The molecule has 0 aromatic rings. The van der Waals surface area contributed by atoms with E-state index in [0.29, 0.717) is 17.3 Å². The Labute approximate surface area is 184 Å². The van der Waals surface area contributed by atoms with Gasteiger partial charge in [-0.1, -0.05) is 52.2 Å². The van der Waals surface area contributed by atoms with Crippen LogP contribution in [0.15, 0.2) is 11.6 Å². The van der Waals surface area contributed by atoms with Crippen molar-refractivity contribution in [2.45, 2.75) is 117 Å². The fourth-order valence-electron chi connectivity index (χ4n) is 8.79. The molecule has 0 heterocycles. The van der Waals surface area contributed by atoms with Gasteiger partial charge in [0.25, 0.3) is 0 Å². The molecule has 4 aliphatic carbocycles. The molecule has 3 saturated carbocycles. The van der Waals surface area contributed by atoms with Crippen molar-refractivity contribution >= 4 is 0 Å². The number of rotatable bonds is 6. The van der Waals surface area contributed by atoms with E-state index >= 15 is 0 Å². The fourth-order valence-corrected chi connectivity index (χ4v) is 8.79. The maximum Gasteiger partial charge on any atom is 0.104 e. The smallest absolute Gasteiger partial charge is 0.104 e. The van der Waals surface area contributed by atoms with Crippen LogP contribution < -0.4 is 0 Å². The Bertz CT molecular complexity index is 656. The third kappa shape index (κ3) is 3.61. The standard InChI is InChI=1S/C27H46O3/c1-18(2)7-6-14-27(5,30-29)24-11-10-22-21-9-8-19-17-20(28)12-15-25(19,3)23(21)13-16-26(22,24)4/h8,18,20-24,28-29H,6-7,9-17H2,1-5H3/t20-,21-,22-,23-,24-,25-,26-,27-/m0/s1. The average Bonchev–Trinajstić information content (AvgIpc) is 3.06. The topological polar surface area (TPSA) is 49.7 Å². The van der Waals surface area contributed by atoms with E-state index in [1.807, 2.05) is 0 Å². The summed E-state index contributed by atoms with van der Waals surface area (Å²) < 4.78 is 0. The molecule has 3 fully saturated rings. The van der Waals surface area contributed by atoms with Crippen molar-refractivity contribution in [2.75, 3.05) is 0 Å². The summed E-state index contributed by atoms with van der Waals surface area (Å²) in [5.74, 6) is 3.41. The summed E-state index contributed by atoms with van der Waals surface area (Å²) >= 11 is 0. The third-order valence-corrected chi connectivity index (χ3v) is 10.5. The van der Waals surface area contributed by atoms with E-state index in [-0.39, 0.29) is 11.5 Å². The molecule has 4 rings (SSSR count). The Morgan fingerprint density at radius 3 is 2.60 bits per heavy atom. The normalized spacial score (nSPS) is 45.3. The first-order valence-corrected chi connectivity index (χ1v) is 12.8. The zero-order valence-corrected chi connectivity index (χ0v) is 20.1. The van der Waals surface area contributed by atoms with E-state index in [4.69, 9.17) is 4.89 Å². The van der Waals surface area contributed by atoms with Crippen LogP contribution in [-0.2, 0) is 4.89 Å². The molecule has 0 spiro atoms. The van der Waals surface area contributed by atoms with Crippen LogP contribution in [0, 0.1) is 40.4 Å². The van der Waals surface area contributed by atoms with Gasteiger partial charge in [-0.2, -0.15) is 0 Å². The molecule has 172 valence electrons. The van der Waals surface area contributed by atoms with Gasteiger partial charge in [0, 0.05) is 0 Å². The van der Waals surface area contributed by atoms with E-state index in [1.54, 1.807) is 5.57 Å². The highest BCUT2D eigenvalue weighted by atomic mass is 17.1. The van der Waals surface area contributed by atoms with Crippen molar-refractivity contribution < 1.29 is 15.3 Å². The molecule has 0 radical (unpaired) electrons. The number of hydrogen-bond donors (Lipinski definition) is 2. The van der Waals surface area contributed by atoms with E-state index in [9.17, 15) is 10.4 Å². The van der Waals surface area contributed by atoms with Gasteiger partial charge in [-0.3, -0.25) is 5.26 Å². The van der Waals surface area contributed by atoms with Gasteiger partial charge in [0.15, 0.2) is 0 Å². The molecular weight excluding hydrogens is 372 g/mol. The van der Waals surface area contributed by atoms with E-state index < -0.39 is 5.60 Å². The van der Waals surface area contributed by atoms with E-state index in [2.05, 4.69) is 40.7 Å². The fraction of sp³-hybridized carbons (Fsp3) is 0.926. The van der Waals surface area contributed by atoms with Crippen LogP contribution in [0.3, 0.4) is 0 Å². The SMILES string of the molecule is CC(C)CCC[C@](C)(OO)[C@H]1CC[C@H]2[C@@H]3CC=C4C[C@@H](O)CC[C@]4(C)[C@H]3CC[C@@]21C. The molecule has 3 nitrogen and oxygen atoms in total. The molecule has 0 unspecified atom stereocenters. The Morgan fingerprint density at radius 2 is 1.90 bits per heavy atom. The lowest BCUT2D eigenvalue weighted by atomic mass is 9.46. The van der Waals surface area contributed by atoms with Crippen molar-refractivity contribution in [2.24, 2.45) is 40.4 Å².